The summed E-state index contributed by atoms with van der Waals surface area (Å²) in [5, 5.41) is 3.45. The molecule has 0 radical (unpaired) electrons. The minimum absolute atomic E-state index is 0.533. The van der Waals surface area contributed by atoms with Gasteiger partial charge in [0.15, 0.2) is 17.5 Å². The largest absolute Gasteiger partial charge is 0.490 e. The van der Waals surface area contributed by atoms with Gasteiger partial charge in [0, 0.05) is 32.0 Å². The van der Waals surface area contributed by atoms with Crippen LogP contribution in [0.5, 0.6) is 11.5 Å². The topological polar surface area (TPSA) is 55.3 Å². The summed E-state index contributed by atoms with van der Waals surface area (Å²) >= 11 is 0. The Bertz CT molecular complexity index is 856. The van der Waals surface area contributed by atoms with Crippen molar-refractivity contribution in [2.24, 2.45) is 10.9 Å². The first-order valence-electron chi connectivity index (χ1n) is 11.4. The minimum atomic E-state index is 0.533. The second kappa shape index (κ2) is 11.0. The first kappa shape index (κ1) is 21.5. The number of guanidine groups is 1. The zero-order valence-electron chi connectivity index (χ0n) is 18.4. The Hall–Kier alpha value is -2.73. The van der Waals surface area contributed by atoms with E-state index in [1.807, 2.05) is 12.1 Å². The molecule has 1 N–H and O–H groups in total. The Morgan fingerprint density at radius 3 is 2.77 bits per heavy atom. The van der Waals surface area contributed by atoms with Crippen LogP contribution in [0.1, 0.15) is 30.9 Å². The SMILES string of the molecule is CCNC(=NCc1ccc2c(c1)OCCCO2)N1CCC(COCc2ccccc2)C1. The average Bonchev–Trinajstić information content (AvgIpc) is 3.14. The third-order valence-electron chi connectivity index (χ3n) is 5.61. The third-order valence-corrected chi connectivity index (χ3v) is 5.61. The zero-order chi connectivity index (χ0) is 21.3. The van der Waals surface area contributed by atoms with Crippen molar-refractivity contribution in [3.05, 3.63) is 59.7 Å². The highest BCUT2D eigenvalue weighted by molar-refractivity contribution is 5.80. The van der Waals surface area contributed by atoms with E-state index in [2.05, 4.69) is 53.5 Å². The van der Waals surface area contributed by atoms with Gasteiger partial charge in [-0.2, -0.15) is 0 Å². The third kappa shape index (κ3) is 6.14. The molecule has 1 fully saturated rings. The summed E-state index contributed by atoms with van der Waals surface area (Å²) in [4.78, 5) is 7.24. The number of benzene rings is 2. The molecule has 0 aromatic heterocycles. The zero-order valence-corrected chi connectivity index (χ0v) is 18.4. The molecular formula is C25H33N3O3. The Morgan fingerprint density at radius 1 is 1.10 bits per heavy atom. The molecule has 0 aliphatic carbocycles. The van der Waals surface area contributed by atoms with E-state index < -0.39 is 0 Å². The summed E-state index contributed by atoms with van der Waals surface area (Å²) in [5.74, 6) is 3.16. The number of aliphatic imine (C=N–C) groups is 1. The number of nitrogens with zero attached hydrogens (tertiary/aromatic N) is 2. The number of likely N-dealkylation sites (tertiary alicyclic amines) is 1. The van der Waals surface area contributed by atoms with Crippen molar-refractivity contribution in [1.82, 2.24) is 10.2 Å². The van der Waals surface area contributed by atoms with Crippen LogP contribution in [0.4, 0.5) is 0 Å². The van der Waals surface area contributed by atoms with Crippen LogP contribution in [-0.2, 0) is 17.9 Å². The van der Waals surface area contributed by atoms with E-state index in [0.29, 0.717) is 32.3 Å². The molecule has 0 amide bonds. The average molecular weight is 424 g/mol. The molecule has 0 bridgehead atoms. The highest BCUT2D eigenvalue weighted by atomic mass is 16.5. The summed E-state index contributed by atoms with van der Waals surface area (Å²) in [7, 11) is 0. The van der Waals surface area contributed by atoms with Crippen LogP contribution in [0.15, 0.2) is 53.5 Å². The standard InChI is InChI=1S/C25H33N3O3/c1-2-26-25(27-16-21-9-10-23-24(15-21)31-14-6-13-30-23)28-12-11-22(17-28)19-29-18-20-7-4-3-5-8-20/h3-5,7-10,15,22H,2,6,11-14,16-19H2,1H3,(H,26,27). The van der Waals surface area contributed by atoms with Gasteiger partial charge in [0.25, 0.3) is 0 Å². The van der Waals surface area contributed by atoms with Crippen molar-refractivity contribution in [3.63, 3.8) is 0 Å². The monoisotopic (exact) mass is 423 g/mol. The van der Waals surface area contributed by atoms with E-state index in [4.69, 9.17) is 19.2 Å². The predicted molar refractivity (Wildman–Crippen MR) is 123 cm³/mol. The van der Waals surface area contributed by atoms with Crippen molar-refractivity contribution < 1.29 is 14.2 Å². The smallest absolute Gasteiger partial charge is 0.194 e. The van der Waals surface area contributed by atoms with E-state index in [-0.39, 0.29) is 0 Å². The first-order valence-corrected chi connectivity index (χ1v) is 11.4. The number of fused-ring (bicyclic) bond motifs is 1. The Morgan fingerprint density at radius 2 is 1.94 bits per heavy atom. The molecule has 0 saturated carbocycles. The summed E-state index contributed by atoms with van der Waals surface area (Å²) < 4.78 is 17.5. The van der Waals surface area contributed by atoms with E-state index in [9.17, 15) is 0 Å². The lowest BCUT2D eigenvalue weighted by atomic mass is 10.1. The van der Waals surface area contributed by atoms with Gasteiger partial charge in [0.1, 0.15) is 0 Å². The molecule has 1 atom stereocenters. The van der Waals surface area contributed by atoms with Crippen LogP contribution in [0, 0.1) is 5.92 Å². The summed E-state index contributed by atoms with van der Waals surface area (Å²) in [6, 6.07) is 16.5. The molecule has 2 aromatic carbocycles. The van der Waals surface area contributed by atoms with Crippen molar-refractivity contribution in [2.75, 3.05) is 39.5 Å². The lowest BCUT2D eigenvalue weighted by Crippen LogP contribution is -2.40. The molecule has 1 unspecified atom stereocenters. The normalized spacial score (nSPS) is 18.7. The van der Waals surface area contributed by atoms with E-state index in [0.717, 1.165) is 62.1 Å². The highest BCUT2D eigenvalue weighted by Gasteiger charge is 2.25. The second-order valence-electron chi connectivity index (χ2n) is 8.10. The maximum Gasteiger partial charge on any atom is 0.194 e. The summed E-state index contributed by atoms with van der Waals surface area (Å²) in [5.41, 5.74) is 2.35. The van der Waals surface area contributed by atoms with Crippen LogP contribution >= 0.6 is 0 Å². The fourth-order valence-electron chi connectivity index (χ4n) is 3.98. The number of hydrogen-bond donors (Lipinski definition) is 1. The van der Waals surface area contributed by atoms with Gasteiger partial charge in [-0.05, 0) is 36.6 Å². The number of ether oxygens (including phenoxy) is 3. The van der Waals surface area contributed by atoms with Gasteiger partial charge in [-0.3, -0.25) is 0 Å². The molecule has 1 saturated heterocycles. The molecule has 2 aliphatic heterocycles. The molecule has 2 aliphatic rings. The van der Waals surface area contributed by atoms with Gasteiger partial charge in [0.05, 0.1) is 33.0 Å². The summed E-state index contributed by atoms with van der Waals surface area (Å²) in [6.45, 7) is 8.43. The van der Waals surface area contributed by atoms with Crippen LogP contribution in [0.2, 0.25) is 0 Å². The quantitative estimate of drug-likeness (QED) is 0.542. The Labute approximate surface area is 185 Å². The van der Waals surface area contributed by atoms with E-state index in [1.165, 1.54) is 5.56 Å². The second-order valence-corrected chi connectivity index (χ2v) is 8.10. The van der Waals surface area contributed by atoms with Crippen LogP contribution in [0.25, 0.3) is 0 Å². The van der Waals surface area contributed by atoms with Crippen molar-refractivity contribution in [1.29, 1.82) is 0 Å². The van der Waals surface area contributed by atoms with Crippen LogP contribution in [-0.4, -0.2) is 50.3 Å². The molecule has 31 heavy (non-hydrogen) atoms. The minimum Gasteiger partial charge on any atom is -0.490 e. The summed E-state index contributed by atoms with van der Waals surface area (Å²) in [6.07, 6.45) is 2.04. The molecule has 6 nitrogen and oxygen atoms in total. The maximum absolute atomic E-state index is 5.97. The fraction of sp³-hybridized carbons (Fsp3) is 0.480. The van der Waals surface area contributed by atoms with Gasteiger partial charge in [0.2, 0.25) is 0 Å². The van der Waals surface area contributed by atoms with Crippen molar-refractivity contribution in [2.45, 2.75) is 32.9 Å². The number of rotatable bonds is 7. The molecular weight excluding hydrogens is 390 g/mol. The number of hydrogen-bond acceptors (Lipinski definition) is 4. The van der Waals surface area contributed by atoms with Crippen molar-refractivity contribution >= 4 is 5.96 Å². The first-order chi connectivity index (χ1) is 15.3. The predicted octanol–water partition coefficient (Wildman–Crippen LogP) is 3.85. The highest BCUT2D eigenvalue weighted by Crippen LogP contribution is 2.30. The van der Waals surface area contributed by atoms with Crippen LogP contribution in [0.3, 0.4) is 0 Å². The lowest BCUT2D eigenvalue weighted by molar-refractivity contribution is 0.0906. The molecule has 2 heterocycles. The van der Waals surface area contributed by atoms with Gasteiger partial charge < -0.3 is 24.4 Å². The molecule has 6 heteroatoms. The van der Waals surface area contributed by atoms with Gasteiger partial charge >= 0.3 is 0 Å². The number of nitrogens with one attached hydrogen (secondary N) is 1. The van der Waals surface area contributed by atoms with Gasteiger partial charge in [-0.25, -0.2) is 4.99 Å². The molecule has 4 rings (SSSR count). The fourth-order valence-corrected chi connectivity index (χ4v) is 3.98. The van der Waals surface area contributed by atoms with Crippen LogP contribution < -0.4 is 14.8 Å². The van der Waals surface area contributed by atoms with Crippen molar-refractivity contribution in [3.8, 4) is 11.5 Å². The van der Waals surface area contributed by atoms with E-state index in [1.54, 1.807) is 0 Å². The molecule has 0 spiro atoms. The Balaban J connectivity index is 1.31. The van der Waals surface area contributed by atoms with E-state index >= 15 is 0 Å². The van der Waals surface area contributed by atoms with Gasteiger partial charge in [-0.1, -0.05) is 36.4 Å². The molecule has 2 aromatic rings. The maximum atomic E-state index is 5.97. The lowest BCUT2D eigenvalue weighted by Gasteiger charge is -2.22. The molecule has 166 valence electrons. The van der Waals surface area contributed by atoms with Gasteiger partial charge in [-0.15, -0.1) is 0 Å². The Kier molecular flexibility index (Phi) is 7.66.